The highest BCUT2D eigenvalue weighted by Gasteiger charge is 2.18. The van der Waals surface area contributed by atoms with Crippen molar-refractivity contribution in [2.45, 2.75) is 4.21 Å². The second-order valence-electron chi connectivity index (χ2n) is 3.38. The average molecular weight is 282 g/mol. The molecule has 3 rings (SSSR count). The largest absolute Gasteiger partial charge is 0.378 e. The van der Waals surface area contributed by atoms with Crippen molar-refractivity contribution in [2.75, 3.05) is 0 Å². The van der Waals surface area contributed by atoms with Gasteiger partial charge in [0.25, 0.3) is 0 Å². The quantitative estimate of drug-likeness (QED) is 0.684. The highest BCUT2D eigenvalue weighted by atomic mass is 32.3. The van der Waals surface area contributed by atoms with Crippen LogP contribution in [0.2, 0.25) is 0 Å². The molecule has 3 aromatic rings. The Morgan fingerprint density at radius 3 is 2.78 bits per heavy atom. The van der Waals surface area contributed by atoms with Gasteiger partial charge in [-0.15, -0.1) is 11.3 Å². The Kier molecular flexibility index (Phi) is 2.53. The zero-order valence-corrected chi connectivity index (χ0v) is 10.4. The van der Waals surface area contributed by atoms with Crippen molar-refractivity contribution in [3.8, 4) is 5.75 Å². The summed E-state index contributed by atoms with van der Waals surface area (Å²) in [4.78, 5) is 0. The Morgan fingerprint density at radius 1 is 1.17 bits per heavy atom. The minimum Gasteiger partial charge on any atom is -0.378 e. The van der Waals surface area contributed by atoms with Gasteiger partial charge in [-0.3, -0.25) is 0 Å². The first-order chi connectivity index (χ1) is 8.65. The average Bonchev–Trinajstić information content (AvgIpc) is 2.99. The number of fused-ring (bicyclic) bond motifs is 1. The summed E-state index contributed by atoms with van der Waals surface area (Å²) in [5.41, 5.74) is 0.977. The fraction of sp³-hybridized carbons (Fsp3) is 0. The topological polar surface area (TPSA) is 82.3 Å². The van der Waals surface area contributed by atoms with Gasteiger partial charge in [-0.25, -0.2) is 4.63 Å². The fourth-order valence-electron chi connectivity index (χ4n) is 1.39. The summed E-state index contributed by atoms with van der Waals surface area (Å²) in [6.45, 7) is 0. The fourth-order valence-corrected chi connectivity index (χ4v) is 3.26. The number of thiophene rings is 1. The van der Waals surface area contributed by atoms with Crippen LogP contribution < -0.4 is 4.18 Å². The van der Waals surface area contributed by atoms with Crippen molar-refractivity contribution < 1.29 is 17.2 Å². The summed E-state index contributed by atoms with van der Waals surface area (Å²) < 4.78 is 33.4. The summed E-state index contributed by atoms with van der Waals surface area (Å²) >= 11 is 1.09. The van der Waals surface area contributed by atoms with Crippen molar-refractivity contribution >= 4 is 32.5 Å². The third-order valence-electron chi connectivity index (χ3n) is 2.17. The van der Waals surface area contributed by atoms with E-state index in [1.807, 2.05) is 0 Å². The van der Waals surface area contributed by atoms with E-state index in [4.69, 9.17) is 4.18 Å². The normalized spacial score (nSPS) is 11.8. The van der Waals surface area contributed by atoms with Gasteiger partial charge in [0, 0.05) is 6.07 Å². The maximum atomic E-state index is 11.9. The lowest BCUT2D eigenvalue weighted by molar-refractivity contribution is 0.315. The smallest absolute Gasteiger partial charge is 0.348 e. The lowest BCUT2D eigenvalue weighted by Gasteiger charge is -2.04. The van der Waals surface area contributed by atoms with Gasteiger partial charge in [-0.2, -0.15) is 8.42 Å². The van der Waals surface area contributed by atoms with E-state index in [2.05, 4.69) is 14.9 Å². The molecule has 0 bridgehead atoms. The van der Waals surface area contributed by atoms with Gasteiger partial charge in [0.15, 0.2) is 4.21 Å². The first-order valence-corrected chi connectivity index (χ1v) is 7.14. The first kappa shape index (κ1) is 11.2. The van der Waals surface area contributed by atoms with Crippen molar-refractivity contribution in [1.29, 1.82) is 0 Å². The van der Waals surface area contributed by atoms with E-state index < -0.39 is 10.1 Å². The van der Waals surface area contributed by atoms with Crippen LogP contribution in [0.5, 0.6) is 5.75 Å². The van der Waals surface area contributed by atoms with Gasteiger partial charge in [-0.1, -0.05) is 6.07 Å². The van der Waals surface area contributed by atoms with Crippen molar-refractivity contribution in [3.63, 3.8) is 0 Å². The van der Waals surface area contributed by atoms with Gasteiger partial charge in [0.1, 0.15) is 16.8 Å². The Balaban J connectivity index is 1.97. The Hall–Kier alpha value is -1.93. The van der Waals surface area contributed by atoms with Crippen LogP contribution >= 0.6 is 11.3 Å². The van der Waals surface area contributed by atoms with E-state index >= 15 is 0 Å². The molecule has 6 nitrogen and oxygen atoms in total. The Bertz CT molecular complexity index is 777. The van der Waals surface area contributed by atoms with E-state index in [1.54, 1.807) is 17.5 Å². The van der Waals surface area contributed by atoms with Gasteiger partial charge in [-0.05, 0) is 33.9 Å². The second-order valence-corrected chi connectivity index (χ2v) is 6.11. The number of hydrogen-bond donors (Lipinski definition) is 0. The van der Waals surface area contributed by atoms with Crippen LogP contribution in [0.15, 0.2) is 44.6 Å². The molecule has 0 aliphatic heterocycles. The molecular weight excluding hydrogens is 276 g/mol. The molecule has 92 valence electrons. The molecule has 2 heterocycles. The highest BCUT2D eigenvalue weighted by molar-refractivity contribution is 7.89. The summed E-state index contributed by atoms with van der Waals surface area (Å²) in [6.07, 6.45) is 0. The molecular formula is C10H6N2O4S2. The van der Waals surface area contributed by atoms with E-state index in [0.717, 1.165) is 11.3 Å². The molecule has 2 aromatic heterocycles. The molecule has 0 fully saturated rings. The van der Waals surface area contributed by atoms with Crippen LogP contribution in [0.25, 0.3) is 11.0 Å². The Labute approximate surface area is 106 Å². The maximum absolute atomic E-state index is 11.9. The number of rotatable bonds is 3. The molecule has 0 N–H and O–H groups in total. The third-order valence-corrected chi connectivity index (χ3v) is 4.78. The molecule has 8 heteroatoms. The first-order valence-electron chi connectivity index (χ1n) is 4.85. The van der Waals surface area contributed by atoms with E-state index in [0.29, 0.717) is 11.0 Å². The molecule has 0 amide bonds. The van der Waals surface area contributed by atoms with Crippen LogP contribution in [-0.2, 0) is 10.1 Å². The molecule has 0 saturated heterocycles. The predicted octanol–water partition coefficient (Wildman–Crippen LogP) is 2.05. The molecule has 0 spiro atoms. The zero-order chi connectivity index (χ0) is 12.6. The number of aromatic nitrogens is 2. The summed E-state index contributed by atoms with van der Waals surface area (Å²) in [5, 5.41) is 8.90. The van der Waals surface area contributed by atoms with Crippen LogP contribution in [-0.4, -0.2) is 18.7 Å². The van der Waals surface area contributed by atoms with E-state index in [1.165, 1.54) is 18.2 Å². The number of hydrogen-bond acceptors (Lipinski definition) is 7. The van der Waals surface area contributed by atoms with Gasteiger partial charge in [0.2, 0.25) is 0 Å². The number of nitrogens with zero attached hydrogens (tertiary/aromatic N) is 2. The molecule has 1 aromatic carbocycles. The van der Waals surface area contributed by atoms with Crippen LogP contribution in [0.4, 0.5) is 0 Å². The van der Waals surface area contributed by atoms with E-state index in [9.17, 15) is 8.42 Å². The minimum atomic E-state index is -3.78. The van der Waals surface area contributed by atoms with Crippen LogP contribution in [0.3, 0.4) is 0 Å². The molecule has 18 heavy (non-hydrogen) atoms. The van der Waals surface area contributed by atoms with Crippen LogP contribution in [0, 0.1) is 0 Å². The van der Waals surface area contributed by atoms with Gasteiger partial charge < -0.3 is 4.18 Å². The number of benzene rings is 1. The molecule has 0 atom stereocenters. The molecule has 0 radical (unpaired) electrons. The SMILES string of the molecule is O=S(=O)(Oc1ccc2nonc2c1)c1cccs1. The summed E-state index contributed by atoms with van der Waals surface area (Å²) in [5.74, 6) is 0.173. The van der Waals surface area contributed by atoms with Crippen molar-refractivity contribution in [2.24, 2.45) is 0 Å². The molecule has 0 aliphatic carbocycles. The van der Waals surface area contributed by atoms with Crippen molar-refractivity contribution in [1.82, 2.24) is 10.3 Å². The van der Waals surface area contributed by atoms with Gasteiger partial charge in [0.05, 0.1) is 0 Å². The minimum absolute atomic E-state index is 0.154. The molecule has 0 unspecified atom stereocenters. The maximum Gasteiger partial charge on any atom is 0.348 e. The van der Waals surface area contributed by atoms with Crippen molar-refractivity contribution in [3.05, 3.63) is 35.7 Å². The Morgan fingerprint density at radius 2 is 2.00 bits per heavy atom. The lowest BCUT2D eigenvalue weighted by Crippen LogP contribution is -2.07. The standard InChI is InChI=1S/C10H6N2O4S2/c13-18(14,10-2-1-5-17-10)15-7-3-4-8-9(6-7)12-16-11-8/h1-6H. The van der Waals surface area contributed by atoms with E-state index in [-0.39, 0.29) is 9.96 Å². The third kappa shape index (κ3) is 1.95. The summed E-state index contributed by atoms with van der Waals surface area (Å²) in [7, 11) is -3.78. The zero-order valence-electron chi connectivity index (χ0n) is 8.81. The molecule has 0 saturated carbocycles. The predicted molar refractivity (Wildman–Crippen MR) is 63.9 cm³/mol. The second kappa shape index (κ2) is 4.07. The van der Waals surface area contributed by atoms with Crippen LogP contribution in [0.1, 0.15) is 0 Å². The summed E-state index contributed by atoms with van der Waals surface area (Å²) in [6, 6.07) is 7.65. The lowest BCUT2D eigenvalue weighted by atomic mass is 10.3. The monoisotopic (exact) mass is 282 g/mol. The highest BCUT2D eigenvalue weighted by Crippen LogP contribution is 2.24. The van der Waals surface area contributed by atoms with Gasteiger partial charge >= 0.3 is 10.1 Å². The molecule has 0 aliphatic rings.